The minimum atomic E-state index is -0.895. The van der Waals surface area contributed by atoms with Gasteiger partial charge in [-0.05, 0) is 34.1 Å². The molecule has 0 bridgehead atoms. The van der Waals surface area contributed by atoms with Gasteiger partial charge in [-0.25, -0.2) is 14.4 Å². The molecule has 0 rings (SSSR count). The Labute approximate surface area is 136 Å². The van der Waals surface area contributed by atoms with Crippen LogP contribution in [0.4, 0.5) is 9.59 Å². The fraction of sp³-hybridized carbons (Fsp3) is 0.667. The second-order valence-electron chi connectivity index (χ2n) is 5.42. The van der Waals surface area contributed by atoms with E-state index < -0.39 is 29.9 Å². The number of esters is 1. The predicted molar refractivity (Wildman–Crippen MR) is 81.9 cm³/mol. The van der Waals surface area contributed by atoms with Crippen LogP contribution in [0.3, 0.4) is 0 Å². The number of nitrogens with one attached hydrogen (secondary N) is 1. The lowest BCUT2D eigenvalue weighted by Gasteiger charge is -2.22. The van der Waals surface area contributed by atoms with E-state index in [1.807, 2.05) is 0 Å². The van der Waals surface area contributed by atoms with E-state index in [1.54, 1.807) is 33.8 Å². The molecule has 0 aliphatic carbocycles. The van der Waals surface area contributed by atoms with Gasteiger partial charge in [-0.1, -0.05) is 12.2 Å². The fourth-order valence-electron chi connectivity index (χ4n) is 1.38. The maximum absolute atomic E-state index is 11.7. The summed E-state index contributed by atoms with van der Waals surface area (Å²) in [6, 6.07) is -0.895. The minimum absolute atomic E-state index is 0.000830. The van der Waals surface area contributed by atoms with Gasteiger partial charge in [-0.3, -0.25) is 0 Å². The molecule has 0 heterocycles. The van der Waals surface area contributed by atoms with Crippen molar-refractivity contribution in [1.82, 2.24) is 5.32 Å². The van der Waals surface area contributed by atoms with Crippen LogP contribution in [-0.4, -0.2) is 50.2 Å². The molecule has 132 valence electrons. The Bertz CT molecular complexity index is 426. The molecule has 0 aromatic heterocycles. The van der Waals surface area contributed by atoms with Crippen LogP contribution in [0.2, 0.25) is 0 Å². The van der Waals surface area contributed by atoms with E-state index in [0.29, 0.717) is 0 Å². The van der Waals surface area contributed by atoms with E-state index in [9.17, 15) is 14.4 Å². The van der Waals surface area contributed by atoms with Gasteiger partial charge in [0.25, 0.3) is 0 Å². The van der Waals surface area contributed by atoms with Crippen LogP contribution < -0.4 is 5.32 Å². The van der Waals surface area contributed by atoms with E-state index in [0.717, 1.165) is 0 Å². The zero-order valence-corrected chi connectivity index (χ0v) is 14.2. The molecule has 0 unspecified atom stereocenters. The Morgan fingerprint density at radius 2 is 1.78 bits per heavy atom. The second kappa shape index (κ2) is 10.5. The maximum atomic E-state index is 11.7. The number of rotatable bonds is 7. The Morgan fingerprint density at radius 3 is 2.30 bits per heavy atom. The molecule has 0 aromatic carbocycles. The van der Waals surface area contributed by atoms with Crippen molar-refractivity contribution in [2.45, 2.75) is 45.8 Å². The van der Waals surface area contributed by atoms with E-state index >= 15 is 0 Å². The predicted octanol–water partition coefficient (Wildman–Crippen LogP) is 2.17. The molecule has 8 heteroatoms. The van der Waals surface area contributed by atoms with Crippen LogP contribution in [0, 0.1) is 0 Å². The smallest absolute Gasteiger partial charge is 0.467 e. The molecule has 0 aliphatic heterocycles. The van der Waals surface area contributed by atoms with Crippen molar-refractivity contribution in [3.05, 3.63) is 12.2 Å². The third-order valence-corrected chi connectivity index (χ3v) is 2.27. The summed E-state index contributed by atoms with van der Waals surface area (Å²) in [5, 5.41) is 2.42. The summed E-state index contributed by atoms with van der Waals surface area (Å²) >= 11 is 0. The molecule has 1 atom stereocenters. The van der Waals surface area contributed by atoms with Gasteiger partial charge in [-0.2, -0.15) is 0 Å². The molecule has 0 aliphatic rings. The summed E-state index contributed by atoms with van der Waals surface area (Å²) in [7, 11) is 1.22. The maximum Gasteiger partial charge on any atom is 0.508 e. The van der Waals surface area contributed by atoms with Crippen molar-refractivity contribution in [3.8, 4) is 0 Å². The molecule has 1 amide bonds. The third-order valence-electron chi connectivity index (χ3n) is 2.27. The number of amides is 1. The van der Waals surface area contributed by atoms with E-state index in [1.165, 1.54) is 13.2 Å². The molecule has 0 radical (unpaired) electrons. The van der Waals surface area contributed by atoms with Gasteiger partial charge in [0.15, 0.2) is 0 Å². The molecule has 0 fully saturated rings. The van der Waals surface area contributed by atoms with Gasteiger partial charge < -0.3 is 24.3 Å². The average Bonchev–Trinajstić information content (AvgIpc) is 2.43. The van der Waals surface area contributed by atoms with Gasteiger partial charge in [0.05, 0.1) is 13.7 Å². The Balaban J connectivity index is 4.38. The highest BCUT2D eigenvalue weighted by molar-refractivity contribution is 5.81. The number of carbonyl (C=O) groups is 3. The first kappa shape index (κ1) is 20.8. The van der Waals surface area contributed by atoms with Crippen molar-refractivity contribution >= 4 is 18.2 Å². The molecule has 0 saturated heterocycles. The Hall–Kier alpha value is -2.25. The monoisotopic (exact) mass is 331 g/mol. The highest BCUT2D eigenvalue weighted by atomic mass is 16.7. The SMILES string of the molecule is CCOC(=O)OC/C=C/C[C@H](NC(=O)OC(C)(C)C)C(=O)OC. The minimum Gasteiger partial charge on any atom is -0.467 e. The highest BCUT2D eigenvalue weighted by Gasteiger charge is 2.23. The van der Waals surface area contributed by atoms with Crippen LogP contribution >= 0.6 is 0 Å². The van der Waals surface area contributed by atoms with Crippen molar-refractivity contribution in [2.24, 2.45) is 0 Å². The summed E-state index contributed by atoms with van der Waals surface area (Å²) in [6.07, 6.45) is 1.79. The number of hydrogen-bond donors (Lipinski definition) is 1. The van der Waals surface area contributed by atoms with Gasteiger partial charge >= 0.3 is 18.2 Å². The average molecular weight is 331 g/mol. The lowest BCUT2D eigenvalue weighted by Crippen LogP contribution is -2.43. The molecule has 0 aromatic rings. The summed E-state index contributed by atoms with van der Waals surface area (Å²) in [5.74, 6) is -0.605. The zero-order valence-electron chi connectivity index (χ0n) is 14.2. The van der Waals surface area contributed by atoms with E-state index in [-0.39, 0.29) is 19.6 Å². The molecule has 0 saturated carbocycles. The van der Waals surface area contributed by atoms with Crippen molar-refractivity contribution in [3.63, 3.8) is 0 Å². The molecule has 23 heavy (non-hydrogen) atoms. The largest absolute Gasteiger partial charge is 0.508 e. The zero-order chi connectivity index (χ0) is 17.9. The van der Waals surface area contributed by atoms with Crippen LogP contribution in [0.15, 0.2) is 12.2 Å². The van der Waals surface area contributed by atoms with Crippen LogP contribution in [0.1, 0.15) is 34.1 Å². The second-order valence-corrected chi connectivity index (χ2v) is 5.42. The van der Waals surface area contributed by atoms with Gasteiger partial charge in [0.2, 0.25) is 0 Å². The normalized spacial score (nSPS) is 12.4. The molecular formula is C15H25NO7. The van der Waals surface area contributed by atoms with E-state index in [2.05, 4.69) is 14.8 Å². The number of ether oxygens (including phenoxy) is 4. The Morgan fingerprint density at radius 1 is 1.13 bits per heavy atom. The van der Waals surface area contributed by atoms with Crippen molar-refractivity contribution in [2.75, 3.05) is 20.3 Å². The molecule has 1 N–H and O–H groups in total. The van der Waals surface area contributed by atoms with Crippen LogP contribution in [0.5, 0.6) is 0 Å². The topological polar surface area (TPSA) is 100 Å². The van der Waals surface area contributed by atoms with Gasteiger partial charge in [0, 0.05) is 0 Å². The highest BCUT2D eigenvalue weighted by Crippen LogP contribution is 2.07. The molecule has 0 spiro atoms. The van der Waals surface area contributed by atoms with Crippen molar-refractivity contribution in [1.29, 1.82) is 0 Å². The lowest BCUT2D eigenvalue weighted by atomic mass is 10.2. The third kappa shape index (κ3) is 11.0. The summed E-state index contributed by atoms with van der Waals surface area (Å²) < 4.78 is 19.0. The quantitative estimate of drug-likeness (QED) is 0.433. The van der Waals surface area contributed by atoms with Crippen molar-refractivity contribution < 1.29 is 33.3 Å². The molecular weight excluding hydrogens is 306 g/mol. The summed E-state index contributed by atoms with van der Waals surface area (Å²) in [5.41, 5.74) is -0.673. The van der Waals surface area contributed by atoms with E-state index in [4.69, 9.17) is 9.47 Å². The number of methoxy groups -OCH3 is 1. The number of hydrogen-bond acceptors (Lipinski definition) is 7. The Kier molecular flexibility index (Phi) is 9.45. The van der Waals surface area contributed by atoms with Crippen LogP contribution in [0.25, 0.3) is 0 Å². The summed E-state index contributed by atoms with van der Waals surface area (Å²) in [6.45, 7) is 7.04. The lowest BCUT2D eigenvalue weighted by molar-refractivity contribution is -0.143. The molecule has 8 nitrogen and oxygen atoms in total. The number of alkyl carbamates (subject to hydrolysis) is 1. The number of carbonyl (C=O) groups excluding carboxylic acids is 3. The first-order chi connectivity index (χ1) is 10.7. The van der Waals surface area contributed by atoms with Gasteiger partial charge in [0.1, 0.15) is 18.2 Å². The fourth-order valence-corrected chi connectivity index (χ4v) is 1.38. The van der Waals surface area contributed by atoms with Gasteiger partial charge in [-0.15, -0.1) is 0 Å². The summed E-state index contributed by atoms with van der Waals surface area (Å²) in [4.78, 5) is 34.3. The standard InChI is InChI=1S/C15H25NO7/c1-6-21-14(19)22-10-8-7-9-11(12(17)20-5)16-13(18)23-15(2,3)4/h7-8,11H,6,9-10H2,1-5H3,(H,16,18)/b8-7+/t11-/m0/s1. The first-order valence-corrected chi connectivity index (χ1v) is 7.21. The van der Waals surface area contributed by atoms with Crippen LogP contribution in [-0.2, 0) is 23.7 Å². The first-order valence-electron chi connectivity index (χ1n) is 7.21.